The summed E-state index contributed by atoms with van der Waals surface area (Å²) in [5.41, 5.74) is 0.212. The van der Waals surface area contributed by atoms with E-state index in [4.69, 9.17) is 0 Å². The molecule has 0 spiro atoms. The van der Waals surface area contributed by atoms with E-state index >= 15 is 0 Å². The molecule has 1 aromatic carbocycles. The van der Waals surface area contributed by atoms with Crippen LogP contribution in [0.2, 0.25) is 0 Å². The van der Waals surface area contributed by atoms with Crippen molar-refractivity contribution in [3.63, 3.8) is 0 Å². The summed E-state index contributed by atoms with van der Waals surface area (Å²) in [4.78, 5) is 0. The molecule has 114 valence electrons. The van der Waals surface area contributed by atoms with E-state index in [0.717, 1.165) is 24.1 Å². The molecule has 0 aliphatic rings. The molecule has 0 saturated heterocycles. The molecular weight excluding hydrogens is 286 g/mol. The minimum atomic E-state index is -4.67. The monoisotopic (exact) mass is 301 g/mol. The quantitative estimate of drug-likeness (QED) is 0.680. The first-order valence-electron chi connectivity index (χ1n) is 6.40. The zero-order chi connectivity index (χ0) is 15.5. The molecule has 0 amide bonds. The molecule has 0 aliphatic heterocycles. The maximum atomic E-state index is 13.1. The van der Waals surface area contributed by atoms with Crippen molar-refractivity contribution in [3.8, 4) is 0 Å². The Balaban J connectivity index is 1.89. The number of halogens is 4. The van der Waals surface area contributed by atoms with Crippen LogP contribution in [0.5, 0.6) is 0 Å². The summed E-state index contributed by atoms with van der Waals surface area (Å²) in [6.45, 7) is 0.855. The lowest BCUT2D eigenvalue weighted by Gasteiger charge is -2.10. The average Bonchev–Trinajstić information content (AvgIpc) is 2.81. The maximum Gasteiger partial charge on any atom is 0.419 e. The normalized spacial score (nSPS) is 11.9. The van der Waals surface area contributed by atoms with Crippen LogP contribution < -0.4 is 5.32 Å². The third-order valence-electron chi connectivity index (χ3n) is 3.01. The van der Waals surface area contributed by atoms with Gasteiger partial charge in [0, 0.05) is 19.8 Å². The van der Waals surface area contributed by atoms with Crippen LogP contribution in [-0.2, 0) is 26.2 Å². The maximum absolute atomic E-state index is 13.1. The number of benzene rings is 1. The second-order valence-corrected chi connectivity index (χ2v) is 4.76. The number of hydrogen-bond donors (Lipinski definition) is 1. The number of hydrogen-bond acceptors (Lipinski definition) is 2. The molecule has 1 heterocycles. The van der Waals surface area contributed by atoms with Crippen LogP contribution in [-0.4, -0.2) is 16.3 Å². The summed E-state index contributed by atoms with van der Waals surface area (Å²) in [5, 5.41) is 7.05. The Morgan fingerprint density at radius 2 is 2.00 bits per heavy atom. The fourth-order valence-electron chi connectivity index (χ4n) is 1.97. The van der Waals surface area contributed by atoms with Crippen LogP contribution in [0.3, 0.4) is 0 Å². The molecule has 0 radical (unpaired) electrons. The van der Waals surface area contributed by atoms with Crippen LogP contribution in [0, 0.1) is 5.82 Å². The Morgan fingerprint density at radius 3 is 2.62 bits per heavy atom. The van der Waals surface area contributed by atoms with E-state index in [2.05, 4.69) is 10.4 Å². The van der Waals surface area contributed by atoms with E-state index in [-0.39, 0.29) is 6.54 Å². The minimum Gasteiger partial charge on any atom is -0.312 e. The lowest BCUT2D eigenvalue weighted by molar-refractivity contribution is -0.140. The fraction of sp³-hybridized carbons (Fsp3) is 0.357. The van der Waals surface area contributed by atoms with Crippen molar-refractivity contribution >= 4 is 0 Å². The van der Waals surface area contributed by atoms with E-state index < -0.39 is 17.6 Å². The van der Waals surface area contributed by atoms with Gasteiger partial charge in [-0.1, -0.05) is 6.07 Å². The molecule has 0 bridgehead atoms. The number of rotatable bonds is 5. The number of nitrogens with zero attached hydrogens (tertiary/aromatic N) is 2. The largest absolute Gasteiger partial charge is 0.419 e. The van der Waals surface area contributed by atoms with Crippen LogP contribution in [0.4, 0.5) is 17.6 Å². The summed E-state index contributed by atoms with van der Waals surface area (Å²) in [5.74, 6) is -1.25. The lowest BCUT2D eigenvalue weighted by atomic mass is 10.1. The molecular formula is C14H15F4N3. The minimum absolute atomic E-state index is 0.254. The van der Waals surface area contributed by atoms with E-state index in [1.165, 1.54) is 6.07 Å². The first-order chi connectivity index (χ1) is 9.86. The van der Waals surface area contributed by atoms with Gasteiger partial charge in [0.1, 0.15) is 5.82 Å². The van der Waals surface area contributed by atoms with Gasteiger partial charge < -0.3 is 5.32 Å². The molecule has 0 saturated carbocycles. The molecule has 7 heteroatoms. The second kappa shape index (κ2) is 6.26. The highest BCUT2D eigenvalue weighted by Crippen LogP contribution is 2.31. The van der Waals surface area contributed by atoms with Crippen molar-refractivity contribution in [1.29, 1.82) is 0 Å². The summed E-state index contributed by atoms with van der Waals surface area (Å²) >= 11 is 0. The van der Waals surface area contributed by atoms with E-state index in [1.54, 1.807) is 10.9 Å². The molecule has 0 fully saturated rings. The first kappa shape index (κ1) is 15.5. The zero-order valence-electron chi connectivity index (χ0n) is 11.4. The van der Waals surface area contributed by atoms with Crippen molar-refractivity contribution in [3.05, 3.63) is 53.1 Å². The predicted molar refractivity (Wildman–Crippen MR) is 70.0 cm³/mol. The van der Waals surface area contributed by atoms with Crippen molar-refractivity contribution < 1.29 is 17.6 Å². The van der Waals surface area contributed by atoms with Crippen LogP contribution in [0.15, 0.2) is 30.6 Å². The standard InChI is InChI=1S/C14H15F4N3/c1-21-9-11(8-20-21)4-5-19-7-10-2-3-13(15)12(6-10)14(16,17)18/h2-3,6,8-9,19H,4-5,7H2,1H3. The number of nitrogens with one attached hydrogen (secondary N) is 1. The van der Waals surface area contributed by atoms with Gasteiger partial charge >= 0.3 is 6.18 Å². The lowest BCUT2D eigenvalue weighted by Crippen LogP contribution is -2.17. The average molecular weight is 301 g/mol. The molecule has 3 nitrogen and oxygen atoms in total. The molecule has 21 heavy (non-hydrogen) atoms. The number of aryl methyl sites for hydroxylation is 1. The highest BCUT2D eigenvalue weighted by atomic mass is 19.4. The smallest absolute Gasteiger partial charge is 0.312 e. The summed E-state index contributed by atoms with van der Waals surface area (Å²) < 4.78 is 52.5. The van der Waals surface area contributed by atoms with E-state index in [1.807, 2.05) is 13.2 Å². The van der Waals surface area contributed by atoms with Crippen molar-refractivity contribution in [1.82, 2.24) is 15.1 Å². The highest BCUT2D eigenvalue weighted by Gasteiger charge is 2.34. The Kier molecular flexibility index (Phi) is 4.62. The number of aromatic nitrogens is 2. The third-order valence-corrected chi connectivity index (χ3v) is 3.01. The SMILES string of the molecule is Cn1cc(CCNCc2ccc(F)c(C(F)(F)F)c2)cn1. The van der Waals surface area contributed by atoms with Crippen molar-refractivity contribution in [2.45, 2.75) is 19.1 Å². The summed E-state index contributed by atoms with van der Waals surface area (Å²) in [7, 11) is 1.81. The van der Waals surface area contributed by atoms with E-state index in [0.29, 0.717) is 12.1 Å². The topological polar surface area (TPSA) is 29.9 Å². The van der Waals surface area contributed by atoms with E-state index in [9.17, 15) is 17.6 Å². The third kappa shape index (κ3) is 4.29. The molecule has 2 aromatic rings. The molecule has 0 atom stereocenters. The van der Waals surface area contributed by atoms with Crippen LogP contribution in [0.1, 0.15) is 16.7 Å². The van der Waals surface area contributed by atoms with Gasteiger partial charge in [0.2, 0.25) is 0 Å². The molecule has 0 aliphatic carbocycles. The van der Waals surface area contributed by atoms with Gasteiger partial charge in [0.15, 0.2) is 0 Å². The summed E-state index contributed by atoms with van der Waals surface area (Å²) in [6, 6.07) is 3.04. The Bertz CT molecular complexity index is 605. The van der Waals surface area contributed by atoms with Gasteiger partial charge in [0.25, 0.3) is 0 Å². The van der Waals surface area contributed by atoms with Crippen molar-refractivity contribution in [2.75, 3.05) is 6.54 Å². The Hall–Kier alpha value is -1.89. The van der Waals surface area contributed by atoms with Crippen molar-refractivity contribution in [2.24, 2.45) is 7.05 Å². The molecule has 0 unspecified atom stereocenters. The van der Waals surface area contributed by atoms with Gasteiger partial charge in [-0.05, 0) is 36.2 Å². The molecule has 1 N–H and O–H groups in total. The van der Waals surface area contributed by atoms with Crippen LogP contribution >= 0.6 is 0 Å². The van der Waals surface area contributed by atoms with Crippen LogP contribution in [0.25, 0.3) is 0 Å². The first-order valence-corrected chi connectivity index (χ1v) is 6.40. The molecule has 2 rings (SSSR count). The fourth-order valence-corrected chi connectivity index (χ4v) is 1.97. The molecule has 1 aromatic heterocycles. The second-order valence-electron chi connectivity index (χ2n) is 4.76. The van der Waals surface area contributed by atoms with Gasteiger partial charge in [-0.2, -0.15) is 18.3 Å². The Morgan fingerprint density at radius 1 is 1.24 bits per heavy atom. The predicted octanol–water partition coefficient (Wildman–Crippen LogP) is 2.91. The highest BCUT2D eigenvalue weighted by molar-refractivity contribution is 5.27. The van der Waals surface area contributed by atoms with Gasteiger partial charge in [-0.25, -0.2) is 4.39 Å². The van der Waals surface area contributed by atoms with Gasteiger partial charge in [-0.3, -0.25) is 4.68 Å². The van der Waals surface area contributed by atoms with Gasteiger partial charge in [-0.15, -0.1) is 0 Å². The summed E-state index contributed by atoms with van der Waals surface area (Å²) in [6.07, 6.45) is -0.334. The number of alkyl halides is 3. The Labute approximate surface area is 119 Å². The zero-order valence-corrected chi connectivity index (χ0v) is 11.4. The van der Waals surface area contributed by atoms with Gasteiger partial charge in [0.05, 0.1) is 11.8 Å².